The fourth-order valence-corrected chi connectivity index (χ4v) is 3.21. The van der Waals surface area contributed by atoms with Crippen LogP contribution in [0.1, 0.15) is 59.9 Å². The number of ketones is 1. The molecule has 0 aliphatic heterocycles. The summed E-state index contributed by atoms with van der Waals surface area (Å²) >= 11 is 0. The van der Waals surface area contributed by atoms with Crippen molar-refractivity contribution in [2.75, 3.05) is 31.2 Å². The van der Waals surface area contributed by atoms with Crippen LogP contribution < -0.4 is 4.90 Å². The Kier molecular flexibility index (Phi) is 8.87. The quantitative estimate of drug-likeness (QED) is 0.391. The van der Waals surface area contributed by atoms with Crippen molar-refractivity contribution in [3.63, 3.8) is 0 Å². The maximum atomic E-state index is 12.9. The van der Waals surface area contributed by atoms with E-state index in [1.54, 1.807) is 30.3 Å². The fourth-order valence-electron chi connectivity index (χ4n) is 3.21. The summed E-state index contributed by atoms with van der Waals surface area (Å²) in [6.45, 7) is 9.13. The molecule has 162 valence electrons. The van der Waals surface area contributed by atoms with Crippen molar-refractivity contribution in [3.05, 3.63) is 59.2 Å². The maximum absolute atomic E-state index is 12.9. The molecule has 6 nitrogen and oxygen atoms in total. The Morgan fingerprint density at radius 1 is 1.03 bits per heavy atom. The van der Waals surface area contributed by atoms with Crippen LogP contribution in [0.4, 0.5) is 5.69 Å². The lowest BCUT2D eigenvalue weighted by Crippen LogP contribution is -2.31. The van der Waals surface area contributed by atoms with Crippen LogP contribution in [0.15, 0.2) is 42.5 Å². The Morgan fingerprint density at radius 2 is 1.73 bits per heavy atom. The molecule has 0 saturated heterocycles. The second-order valence-corrected chi connectivity index (χ2v) is 7.69. The van der Waals surface area contributed by atoms with E-state index in [4.69, 9.17) is 4.74 Å². The standard InChI is InChI=1S/C24H31NO5/c1-4-5-13-30-14-12-25(16-17(2)3)18-10-11-21(22(26)15-18)23(27)19-8-6-7-9-20(19)24(28)29/h6-11,15,17,26H,4-5,12-14,16H2,1-3H3,(H,28,29). The molecule has 0 bridgehead atoms. The molecule has 0 amide bonds. The van der Waals surface area contributed by atoms with Gasteiger partial charge in [0.25, 0.3) is 0 Å². The van der Waals surface area contributed by atoms with Crippen molar-refractivity contribution in [2.24, 2.45) is 5.92 Å². The van der Waals surface area contributed by atoms with Crippen LogP contribution in [0.2, 0.25) is 0 Å². The molecule has 2 aromatic rings. The highest BCUT2D eigenvalue weighted by Gasteiger charge is 2.21. The number of benzene rings is 2. The number of ether oxygens (including phenoxy) is 1. The number of carboxylic acid groups (broad SMARTS) is 1. The summed E-state index contributed by atoms with van der Waals surface area (Å²) < 4.78 is 5.68. The lowest BCUT2D eigenvalue weighted by atomic mass is 9.97. The molecule has 0 saturated carbocycles. The first-order valence-electron chi connectivity index (χ1n) is 10.4. The molecule has 6 heteroatoms. The molecule has 2 aromatic carbocycles. The first-order valence-corrected chi connectivity index (χ1v) is 10.4. The van der Waals surface area contributed by atoms with Crippen LogP contribution in [0, 0.1) is 5.92 Å². The Hall–Kier alpha value is -2.86. The Labute approximate surface area is 178 Å². The van der Waals surface area contributed by atoms with Gasteiger partial charge in [0.1, 0.15) is 5.75 Å². The largest absolute Gasteiger partial charge is 0.507 e. The number of phenolic OH excluding ortho intramolecular Hbond substituents is 1. The molecule has 30 heavy (non-hydrogen) atoms. The number of phenols is 1. The summed E-state index contributed by atoms with van der Waals surface area (Å²) in [7, 11) is 0. The summed E-state index contributed by atoms with van der Waals surface area (Å²) in [6.07, 6.45) is 2.11. The third kappa shape index (κ3) is 6.32. The van der Waals surface area contributed by atoms with Crippen LogP contribution in [0.5, 0.6) is 5.75 Å². The average molecular weight is 414 g/mol. The van der Waals surface area contributed by atoms with E-state index in [1.165, 1.54) is 12.1 Å². The number of rotatable bonds is 12. The number of carbonyl (C=O) groups is 2. The number of carboxylic acids is 1. The summed E-state index contributed by atoms with van der Waals surface area (Å²) in [5.74, 6) is -1.46. The van der Waals surface area contributed by atoms with Gasteiger partial charge in [0, 0.05) is 37.0 Å². The molecule has 0 aliphatic rings. The molecule has 0 aliphatic carbocycles. The molecule has 2 rings (SSSR count). The summed E-state index contributed by atoms with van der Waals surface area (Å²) in [5, 5.41) is 19.9. The molecule has 0 aromatic heterocycles. The highest BCUT2D eigenvalue weighted by Crippen LogP contribution is 2.28. The van der Waals surface area contributed by atoms with Gasteiger partial charge in [-0.1, -0.05) is 45.4 Å². The van der Waals surface area contributed by atoms with E-state index in [9.17, 15) is 19.8 Å². The zero-order chi connectivity index (χ0) is 22.1. The highest BCUT2D eigenvalue weighted by molar-refractivity contribution is 6.15. The predicted octanol–water partition coefficient (Wildman–Crippen LogP) is 4.60. The van der Waals surface area contributed by atoms with Gasteiger partial charge in [-0.2, -0.15) is 0 Å². The van der Waals surface area contributed by atoms with Gasteiger partial charge in [-0.05, 0) is 30.5 Å². The van der Waals surface area contributed by atoms with Gasteiger partial charge in [-0.15, -0.1) is 0 Å². The monoisotopic (exact) mass is 413 g/mol. The molecule has 0 spiro atoms. The van der Waals surface area contributed by atoms with Crippen LogP contribution in [0.3, 0.4) is 0 Å². The third-order valence-corrected chi connectivity index (χ3v) is 4.73. The second-order valence-electron chi connectivity index (χ2n) is 7.69. The molecule has 0 heterocycles. The number of unbranched alkanes of at least 4 members (excludes halogenated alkanes) is 1. The third-order valence-electron chi connectivity index (χ3n) is 4.73. The zero-order valence-corrected chi connectivity index (χ0v) is 17.9. The molecule has 0 atom stereocenters. The minimum atomic E-state index is -1.18. The van der Waals surface area contributed by atoms with E-state index in [1.807, 2.05) is 0 Å². The number of hydrogen-bond donors (Lipinski definition) is 2. The van der Waals surface area contributed by atoms with E-state index >= 15 is 0 Å². The molecule has 0 fully saturated rings. The van der Waals surface area contributed by atoms with E-state index in [2.05, 4.69) is 25.7 Å². The van der Waals surface area contributed by atoms with Gasteiger partial charge >= 0.3 is 5.97 Å². The van der Waals surface area contributed by atoms with Crippen molar-refractivity contribution >= 4 is 17.4 Å². The van der Waals surface area contributed by atoms with Crippen LogP contribution in [0.25, 0.3) is 0 Å². The topological polar surface area (TPSA) is 87.1 Å². The lowest BCUT2D eigenvalue weighted by Gasteiger charge is -2.27. The van der Waals surface area contributed by atoms with Gasteiger partial charge in [-0.3, -0.25) is 4.79 Å². The zero-order valence-electron chi connectivity index (χ0n) is 17.9. The van der Waals surface area contributed by atoms with Gasteiger partial charge < -0.3 is 19.8 Å². The number of nitrogens with zero attached hydrogens (tertiary/aromatic N) is 1. The fraction of sp³-hybridized carbons (Fsp3) is 0.417. The molecular weight excluding hydrogens is 382 g/mol. The molecule has 0 radical (unpaired) electrons. The predicted molar refractivity (Wildman–Crippen MR) is 118 cm³/mol. The number of carbonyl (C=O) groups excluding carboxylic acids is 1. The number of anilines is 1. The van der Waals surface area contributed by atoms with E-state index < -0.39 is 11.8 Å². The second kappa shape index (κ2) is 11.4. The maximum Gasteiger partial charge on any atom is 0.336 e. The Balaban J connectivity index is 2.23. The molecule has 2 N–H and O–H groups in total. The molecule has 0 unspecified atom stereocenters. The number of aromatic carboxylic acids is 1. The van der Waals surface area contributed by atoms with Gasteiger partial charge in [0.2, 0.25) is 0 Å². The number of hydrogen-bond acceptors (Lipinski definition) is 5. The minimum Gasteiger partial charge on any atom is -0.507 e. The van der Waals surface area contributed by atoms with Crippen molar-refractivity contribution < 1.29 is 24.5 Å². The Morgan fingerprint density at radius 3 is 2.33 bits per heavy atom. The van der Waals surface area contributed by atoms with Crippen molar-refractivity contribution in [3.8, 4) is 5.75 Å². The van der Waals surface area contributed by atoms with Crippen LogP contribution in [-0.2, 0) is 4.74 Å². The van der Waals surface area contributed by atoms with Crippen LogP contribution in [-0.4, -0.2) is 48.3 Å². The van der Waals surface area contributed by atoms with Crippen molar-refractivity contribution in [1.29, 1.82) is 0 Å². The Bertz CT molecular complexity index is 862. The first-order chi connectivity index (χ1) is 14.3. The first kappa shape index (κ1) is 23.4. The van der Waals surface area contributed by atoms with Crippen molar-refractivity contribution in [2.45, 2.75) is 33.6 Å². The lowest BCUT2D eigenvalue weighted by molar-refractivity contribution is 0.0692. The van der Waals surface area contributed by atoms with E-state index in [-0.39, 0.29) is 22.4 Å². The normalized spacial score (nSPS) is 10.9. The minimum absolute atomic E-state index is 0.0522. The SMILES string of the molecule is CCCCOCCN(CC(C)C)c1ccc(C(=O)c2ccccc2C(=O)O)c(O)c1. The highest BCUT2D eigenvalue weighted by atomic mass is 16.5. The van der Waals surface area contributed by atoms with Gasteiger partial charge in [-0.25, -0.2) is 4.79 Å². The van der Waals surface area contributed by atoms with Crippen molar-refractivity contribution in [1.82, 2.24) is 0 Å². The summed E-state index contributed by atoms with van der Waals surface area (Å²) in [6, 6.07) is 10.9. The molecular formula is C24H31NO5. The van der Waals surface area contributed by atoms with Crippen LogP contribution >= 0.6 is 0 Å². The summed E-state index contributed by atoms with van der Waals surface area (Å²) in [5.41, 5.74) is 0.840. The van der Waals surface area contributed by atoms with Gasteiger partial charge in [0.05, 0.1) is 17.7 Å². The smallest absolute Gasteiger partial charge is 0.336 e. The van der Waals surface area contributed by atoms with E-state index in [0.717, 1.165) is 31.7 Å². The summed E-state index contributed by atoms with van der Waals surface area (Å²) in [4.78, 5) is 26.4. The average Bonchev–Trinajstić information content (AvgIpc) is 2.72. The van der Waals surface area contributed by atoms with E-state index in [0.29, 0.717) is 19.1 Å². The van der Waals surface area contributed by atoms with Gasteiger partial charge in [0.15, 0.2) is 5.78 Å². The number of aromatic hydroxyl groups is 1.